The van der Waals surface area contributed by atoms with Crippen LogP contribution in [0.25, 0.3) is 11.1 Å². The molecule has 0 bridgehead atoms. The maximum atomic E-state index is 14.6. The van der Waals surface area contributed by atoms with Gasteiger partial charge in [-0.25, -0.2) is 4.39 Å². The predicted molar refractivity (Wildman–Crippen MR) is 125 cm³/mol. The highest BCUT2D eigenvalue weighted by Gasteiger charge is 2.48. The molecular weight excluding hydrogens is 457 g/mol. The van der Waals surface area contributed by atoms with Crippen LogP contribution in [0.4, 0.5) is 10.1 Å². The molecule has 0 unspecified atom stereocenters. The molecule has 10 heteroatoms. The normalized spacial score (nSPS) is 23.5. The Kier molecular flexibility index (Phi) is 7.32. The van der Waals surface area contributed by atoms with E-state index in [0.29, 0.717) is 36.4 Å². The van der Waals surface area contributed by atoms with Crippen molar-refractivity contribution in [3.8, 4) is 16.9 Å². The van der Waals surface area contributed by atoms with E-state index in [4.69, 9.17) is 20.7 Å². The van der Waals surface area contributed by atoms with E-state index in [0.717, 1.165) is 11.1 Å². The molecule has 1 aliphatic heterocycles. The molecule has 1 aliphatic carbocycles. The Hall–Kier alpha value is -3.50. The van der Waals surface area contributed by atoms with Crippen molar-refractivity contribution in [2.24, 2.45) is 17.6 Å². The number of benzene rings is 2. The summed E-state index contributed by atoms with van der Waals surface area (Å²) in [5.41, 5.74) is 8.81. The fourth-order valence-corrected chi connectivity index (χ4v) is 4.31. The summed E-state index contributed by atoms with van der Waals surface area (Å²) in [5.74, 6) is -2.44. The second-order valence-corrected chi connectivity index (χ2v) is 8.84. The van der Waals surface area contributed by atoms with Crippen LogP contribution in [0.5, 0.6) is 5.75 Å². The molecule has 1 heterocycles. The molecule has 1 saturated carbocycles. The van der Waals surface area contributed by atoms with Crippen LogP contribution < -0.4 is 15.8 Å². The number of halogens is 1. The lowest BCUT2D eigenvalue weighted by atomic mass is 10.0. The number of aliphatic hydroxyl groups is 1. The average molecular weight is 486 g/mol. The number of hydrogen-bond donors (Lipinski definition) is 4. The number of amides is 2. The first kappa shape index (κ1) is 24.6. The highest BCUT2D eigenvalue weighted by molar-refractivity contribution is 5.98. The first-order chi connectivity index (χ1) is 16.8. The van der Waals surface area contributed by atoms with Gasteiger partial charge in [0.1, 0.15) is 18.5 Å². The molecule has 5 N–H and O–H groups in total. The van der Waals surface area contributed by atoms with Crippen molar-refractivity contribution >= 4 is 23.5 Å². The Morgan fingerprint density at radius 1 is 1.14 bits per heavy atom. The van der Waals surface area contributed by atoms with Gasteiger partial charge in [0.05, 0.1) is 18.4 Å². The van der Waals surface area contributed by atoms with Gasteiger partial charge in [0, 0.05) is 30.8 Å². The summed E-state index contributed by atoms with van der Waals surface area (Å²) >= 11 is 0. The summed E-state index contributed by atoms with van der Waals surface area (Å²) in [7, 11) is 0. The molecule has 186 valence electrons. The van der Waals surface area contributed by atoms with Crippen molar-refractivity contribution in [2.75, 3.05) is 25.0 Å². The number of ether oxygens (including phenoxy) is 1. The van der Waals surface area contributed by atoms with Gasteiger partial charge in [-0.15, -0.1) is 0 Å². The van der Waals surface area contributed by atoms with Gasteiger partial charge in [0.25, 0.3) is 0 Å². The fraction of sp³-hybridized carbons (Fsp3) is 0.400. The van der Waals surface area contributed by atoms with Crippen LogP contribution in [-0.2, 0) is 20.9 Å². The molecule has 2 aromatic carbocycles. The zero-order chi connectivity index (χ0) is 25.1. The monoisotopic (exact) mass is 485 g/mol. The molecule has 35 heavy (non-hydrogen) atoms. The van der Waals surface area contributed by atoms with Gasteiger partial charge in [-0.05, 0) is 41.8 Å². The minimum Gasteiger partial charge on any atom is -0.487 e. The average Bonchev–Trinajstić information content (AvgIpc) is 3.67. The number of carboxylic acids is 1. The van der Waals surface area contributed by atoms with Crippen LogP contribution in [0.3, 0.4) is 0 Å². The molecule has 2 aromatic rings. The van der Waals surface area contributed by atoms with E-state index in [1.807, 2.05) is 18.2 Å². The number of likely N-dealkylation sites (tertiary alicyclic amines) is 1. The van der Waals surface area contributed by atoms with Crippen LogP contribution in [0.1, 0.15) is 18.4 Å². The van der Waals surface area contributed by atoms with E-state index in [9.17, 15) is 18.8 Å². The number of nitrogens with two attached hydrogens (primary N) is 1. The fourth-order valence-electron chi connectivity index (χ4n) is 4.31. The Bertz CT molecular complexity index is 1130. The zero-order valence-electron chi connectivity index (χ0n) is 19.0. The standard InChI is InChI=1S/C25H28FN3O6/c26-20-12-29(23(31)13-30)7-6-22(20)35-21-5-4-15(8-16(21)11-27)14-2-1-3-17(9-14)28-24(32)18-10-19(18)25(33)34/h1-5,8-9,18-20,22,30H,6-7,10-13,27H2,(H,28,32)(H,33,34)/t18-,19-,20-,22+/m1/s1. The Morgan fingerprint density at radius 3 is 2.57 bits per heavy atom. The Labute approximate surface area is 201 Å². The molecule has 2 aliphatic rings. The van der Waals surface area contributed by atoms with Crippen molar-refractivity contribution in [2.45, 2.75) is 31.7 Å². The van der Waals surface area contributed by atoms with Crippen molar-refractivity contribution in [3.63, 3.8) is 0 Å². The van der Waals surface area contributed by atoms with Gasteiger partial charge >= 0.3 is 5.97 Å². The van der Waals surface area contributed by atoms with Gasteiger partial charge in [0.15, 0.2) is 6.17 Å². The van der Waals surface area contributed by atoms with Crippen molar-refractivity contribution in [3.05, 3.63) is 48.0 Å². The number of hydrogen-bond acceptors (Lipinski definition) is 6. The SMILES string of the molecule is NCc1cc(-c2cccc(NC(=O)[C@@H]3C[C@H]3C(=O)O)c2)ccc1O[C@H]1CCN(C(=O)CO)C[C@H]1F. The number of piperidine rings is 1. The summed E-state index contributed by atoms with van der Waals surface area (Å²) < 4.78 is 20.6. The largest absolute Gasteiger partial charge is 0.487 e. The van der Waals surface area contributed by atoms with Gasteiger partial charge in [-0.1, -0.05) is 18.2 Å². The number of aliphatic carboxylic acids is 1. The van der Waals surface area contributed by atoms with E-state index in [1.165, 1.54) is 4.90 Å². The minimum atomic E-state index is -1.39. The lowest BCUT2D eigenvalue weighted by Gasteiger charge is -2.34. The van der Waals surface area contributed by atoms with Crippen LogP contribution in [0.2, 0.25) is 0 Å². The third-order valence-electron chi connectivity index (χ3n) is 6.44. The highest BCUT2D eigenvalue weighted by atomic mass is 19.1. The van der Waals surface area contributed by atoms with Crippen LogP contribution in [0, 0.1) is 11.8 Å². The number of nitrogens with zero attached hydrogens (tertiary/aromatic N) is 1. The highest BCUT2D eigenvalue weighted by Crippen LogP contribution is 2.39. The smallest absolute Gasteiger partial charge is 0.307 e. The van der Waals surface area contributed by atoms with Crippen LogP contribution in [-0.4, -0.2) is 64.9 Å². The molecular formula is C25H28FN3O6. The lowest BCUT2D eigenvalue weighted by molar-refractivity contribution is -0.140. The third kappa shape index (κ3) is 5.60. The van der Waals surface area contributed by atoms with Crippen molar-refractivity contribution in [1.82, 2.24) is 4.90 Å². The summed E-state index contributed by atoms with van der Waals surface area (Å²) in [6, 6.07) is 12.6. The summed E-state index contributed by atoms with van der Waals surface area (Å²) in [6.07, 6.45) is -1.48. The molecule has 0 spiro atoms. The number of carbonyl (C=O) groups excluding carboxylic acids is 2. The predicted octanol–water partition coefficient (Wildman–Crippen LogP) is 1.78. The lowest BCUT2D eigenvalue weighted by Crippen LogP contribution is -2.50. The molecule has 4 rings (SSSR count). The van der Waals surface area contributed by atoms with E-state index >= 15 is 0 Å². The van der Waals surface area contributed by atoms with E-state index in [1.54, 1.807) is 24.3 Å². The molecule has 1 saturated heterocycles. The maximum Gasteiger partial charge on any atom is 0.307 e. The topological polar surface area (TPSA) is 142 Å². The molecule has 2 amide bonds. The second kappa shape index (κ2) is 10.4. The van der Waals surface area contributed by atoms with Gasteiger partial charge in [-0.2, -0.15) is 0 Å². The number of nitrogens with one attached hydrogen (secondary N) is 1. The van der Waals surface area contributed by atoms with E-state index < -0.39 is 42.6 Å². The third-order valence-corrected chi connectivity index (χ3v) is 6.44. The molecule has 0 radical (unpaired) electrons. The molecule has 4 atom stereocenters. The first-order valence-electron chi connectivity index (χ1n) is 11.5. The first-order valence-corrected chi connectivity index (χ1v) is 11.5. The van der Waals surface area contributed by atoms with Crippen LogP contribution >= 0.6 is 0 Å². The number of aliphatic hydroxyl groups excluding tert-OH is 1. The molecule has 9 nitrogen and oxygen atoms in total. The van der Waals surface area contributed by atoms with Gasteiger partial charge < -0.3 is 30.9 Å². The second-order valence-electron chi connectivity index (χ2n) is 8.84. The van der Waals surface area contributed by atoms with Gasteiger partial charge in [-0.3, -0.25) is 14.4 Å². The summed E-state index contributed by atoms with van der Waals surface area (Å²) in [6.45, 7) is -0.318. The number of anilines is 1. The van der Waals surface area contributed by atoms with Crippen LogP contribution in [0.15, 0.2) is 42.5 Å². The van der Waals surface area contributed by atoms with Crippen molar-refractivity contribution < 1.29 is 33.7 Å². The number of rotatable bonds is 8. The van der Waals surface area contributed by atoms with Crippen molar-refractivity contribution in [1.29, 1.82) is 0 Å². The summed E-state index contributed by atoms with van der Waals surface area (Å²) in [4.78, 5) is 36.2. The molecule has 2 fully saturated rings. The quantitative estimate of drug-likeness (QED) is 0.446. The maximum absolute atomic E-state index is 14.6. The number of alkyl halides is 1. The van der Waals surface area contributed by atoms with E-state index in [2.05, 4.69) is 5.32 Å². The number of carbonyl (C=O) groups is 3. The Balaban J connectivity index is 1.44. The summed E-state index contributed by atoms with van der Waals surface area (Å²) in [5, 5.41) is 20.8. The molecule has 0 aromatic heterocycles. The Morgan fingerprint density at radius 2 is 1.91 bits per heavy atom. The zero-order valence-corrected chi connectivity index (χ0v) is 19.0. The number of carboxylic acid groups (broad SMARTS) is 1. The van der Waals surface area contributed by atoms with E-state index in [-0.39, 0.29) is 19.0 Å². The minimum absolute atomic E-state index is 0.132. The van der Waals surface area contributed by atoms with Gasteiger partial charge in [0.2, 0.25) is 11.8 Å².